The minimum absolute atomic E-state index is 0. The minimum Gasteiger partial charge on any atom is -0.350 e. The number of imidazole rings is 1. The van der Waals surface area contributed by atoms with Gasteiger partial charge in [-0.3, -0.25) is 4.79 Å². The Hall–Kier alpha value is -1.30. The van der Waals surface area contributed by atoms with Gasteiger partial charge in [0.1, 0.15) is 12.4 Å². The number of nitrogens with one attached hydrogen (secondary N) is 1. The summed E-state index contributed by atoms with van der Waals surface area (Å²) in [6.45, 7) is 2.74. The first-order valence-electron chi connectivity index (χ1n) is 7.10. The van der Waals surface area contributed by atoms with E-state index in [1.807, 2.05) is 35.8 Å². The Labute approximate surface area is 142 Å². The van der Waals surface area contributed by atoms with Gasteiger partial charge in [-0.2, -0.15) is 0 Å². The first kappa shape index (κ1) is 18.7. The summed E-state index contributed by atoms with van der Waals surface area (Å²) < 4.78 is 1.95. The number of aromatic nitrogens is 2. The summed E-state index contributed by atoms with van der Waals surface area (Å²) in [5, 5.41) is 3.05. The van der Waals surface area contributed by atoms with E-state index in [2.05, 4.69) is 10.3 Å². The third kappa shape index (κ3) is 3.91. The van der Waals surface area contributed by atoms with E-state index in [4.69, 9.17) is 5.73 Å². The standard InChI is InChI=1S/C15H20N4O.2ClH/c1-10-17-12-4-2-3-5-14(12)19(10)9-15(20)18-13(8-16)11-6-7-11;;/h2-5,11,13H,6-9,16H2,1H3,(H,18,20);2*1H. The molecule has 0 saturated heterocycles. The van der Waals surface area contributed by atoms with Gasteiger partial charge in [0.2, 0.25) is 5.91 Å². The lowest BCUT2D eigenvalue weighted by Gasteiger charge is -2.16. The van der Waals surface area contributed by atoms with Crippen molar-refractivity contribution in [3.05, 3.63) is 30.1 Å². The molecule has 1 atom stereocenters. The molecular weight excluding hydrogens is 323 g/mol. The molecule has 1 amide bonds. The lowest BCUT2D eigenvalue weighted by atomic mass is 10.2. The molecule has 1 aliphatic rings. The molecule has 22 heavy (non-hydrogen) atoms. The van der Waals surface area contributed by atoms with Crippen LogP contribution in [0.15, 0.2) is 24.3 Å². The number of carbonyl (C=O) groups excluding carboxylic acids is 1. The third-order valence-electron chi connectivity index (χ3n) is 3.94. The van der Waals surface area contributed by atoms with E-state index < -0.39 is 0 Å². The molecule has 0 bridgehead atoms. The molecule has 1 aliphatic carbocycles. The highest BCUT2D eigenvalue weighted by Gasteiger charge is 2.31. The number of hydrogen-bond acceptors (Lipinski definition) is 3. The molecule has 7 heteroatoms. The summed E-state index contributed by atoms with van der Waals surface area (Å²) in [5.41, 5.74) is 7.64. The maximum absolute atomic E-state index is 12.2. The first-order valence-corrected chi connectivity index (χ1v) is 7.10. The number of fused-ring (bicyclic) bond motifs is 1. The number of hydrogen-bond donors (Lipinski definition) is 2. The topological polar surface area (TPSA) is 72.9 Å². The van der Waals surface area contributed by atoms with Crippen LogP contribution in [0.4, 0.5) is 0 Å². The van der Waals surface area contributed by atoms with Gasteiger partial charge in [-0.05, 0) is 37.8 Å². The molecule has 0 radical (unpaired) electrons. The van der Waals surface area contributed by atoms with E-state index >= 15 is 0 Å². The fourth-order valence-electron chi connectivity index (χ4n) is 2.66. The molecule has 1 saturated carbocycles. The van der Waals surface area contributed by atoms with Crippen LogP contribution in [0.2, 0.25) is 0 Å². The Morgan fingerprint density at radius 1 is 1.41 bits per heavy atom. The lowest BCUT2D eigenvalue weighted by molar-refractivity contribution is -0.122. The summed E-state index contributed by atoms with van der Waals surface area (Å²) in [6.07, 6.45) is 2.35. The van der Waals surface area contributed by atoms with Gasteiger partial charge in [0.15, 0.2) is 0 Å². The zero-order valence-corrected chi connectivity index (χ0v) is 14.1. The Balaban J connectivity index is 0.00000121. The maximum atomic E-state index is 12.2. The predicted octanol–water partition coefficient (Wildman–Crippen LogP) is 2.04. The molecule has 1 aromatic carbocycles. The highest BCUT2D eigenvalue weighted by molar-refractivity contribution is 5.85. The van der Waals surface area contributed by atoms with Crippen LogP contribution in [0.5, 0.6) is 0 Å². The molecule has 0 spiro atoms. The van der Waals surface area contributed by atoms with Crippen molar-refractivity contribution >= 4 is 41.8 Å². The SMILES string of the molecule is Cc1nc2ccccc2n1CC(=O)NC(CN)C1CC1.Cl.Cl. The molecule has 3 rings (SSSR count). The van der Waals surface area contributed by atoms with Crippen LogP contribution < -0.4 is 11.1 Å². The van der Waals surface area contributed by atoms with Crippen molar-refractivity contribution in [2.24, 2.45) is 11.7 Å². The number of amides is 1. The molecule has 1 unspecified atom stereocenters. The van der Waals surface area contributed by atoms with E-state index in [0.29, 0.717) is 19.0 Å². The zero-order chi connectivity index (χ0) is 14.1. The van der Waals surface area contributed by atoms with Crippen LogP contribution in [0.1, 0.15) is 18.7 Å². The lowest BCUT2D eigenvalue weighted by Crippen LogP contribution is -2.43. The minimum atomic E-state index is 0. The number of nitrogens with zero attached hydrogens (tertiary/aromatic N) is 2. The number of benzene rings is 1. The second-order valence-corrected chi connectivity index (χ2v) is 5.48. The quantitative estimate of drug-likeness (QED) is 0.871. The van der Waals surface area contributed by atoms with Gasteiger partial charge in [0.25, 0.3) is 0 Å². The van der Waals surface area contributed by atoms with Gasteiger partial charge < -0.3 is 15.6 Å². The molecule has 1 fully saturated rings. The van der Waals surface area contributed by atoms with E-state index in [1.54, 1.807) is 0 Å². The van der Waals surface area contributed by atoms with E-state index in [9.17, 15) is 4.79 Å². The van der Waals surface area contributed by atoms with Gasteiger partial charge in [-0.15, -0.1) is 24.8 Å². The van der Waals surface area contributed by atoms with E-state index in [-0.39, 0.29) is 36.8 Å². The number of aryl methyl sites for hydroxylation is 1. The number of halogens is 2. The molecular formula is C15H22Cl2N4O. The van der Waals surface area contributed by atoms with Crippen LogP contribution in [0, 0.1) is 12.8 Å². The Morgan fingerprint density at radius 2 is 2.09 bits per heavy atom. The van der Waals surface area contributed by atoms with Crippen molar-refractivity contribution in [3.63, 3.8) is 0 Å². The molecule has 1 aromatic heterocycles. The van der Waals surface area contributed by atoms with Gasteiger partial charge >= 0.3 is 0 Å². The Kier molecular flexibility index (Phi) is 6.66. The molecule has 122 valence electrons. The van der Waals surface area contributed by atoms with Crippen LogP contribution in [-0.2, 0) is 11.3 Å². The normalized spacial score (nSPS) is 14.8. The van der Waals surface area contributed by atoms with Crippen molar-refractivity contribution in [2.75, 3.05) is 6.54 Å². The first-order chi connectivity index (χ1) is 9.69. The van der Waals surface area contributed by atoms with E-state index in [1.165, 1.54) is 12.8 Å². The van der Waals surface area contributed by atoms with Gasteiger partial charge in [0.05, 0.1) is 11.0 Å². The van der Waals surface area contributed by atoms with Crippen molar-refractivity contribution in [2.45, 2.75) is 32.4 Å². The number of para-hydroxylation sites is 2. The third-order valence-corrected chi connectivity index (χ3v) is 3.94. The monoisotopic (exact) mass is 344 g/mol. The predicted molar refractivity (Wildman–Crippen MR) is 92.7 cm³/mol. The van der Waals surface area contributed by atoms with Crippen molar-refractivity contribution in [1.82, 2.24) is 14.9 Å². The van der Waals surface area contributed by atoms with Gasteiger partial charge in [-0.25, -0.2) is 4.98 Å². The fraction of sp³-hybridized carbons (Fsp3) is 0.467. The average molecular weight is 345 g/mol. The molecule has 2 aromatic rings. The largest absolute Gasteiger partial charge is 0.350 e. The smallest absolute Gasteiger partial charge is 0.240 e. The summed E-state index contributed by atoms with van der Waals surface area (Å²) >= 11 is 0. The Bertz CT molecular complexity index is 640. The summed E-state index contributed by atoms with van der Waals surface area (Å²) in [5.74, 6) is 1.44. The highest BCUT2D eigenvalue weighted by atomic mass is 35.5. The molecule has 0 aliphatic heterocycles. The zero-order valence-electron chi connectivity index (χ0n) is 12.5. The van der Waals surface area contributed by atoms with Crippen LogP contribution >= 0.6 is 24.8 Å². The second-order valence-electron chi connectivity index (χ2n) is 5.48. The highest BCUT2D eigenvalue weighted by Crippen LogP contribution is 2.32. The van der Waals surface area contributed by atoms with Crippen LogP contribution in [0.3, 0.4) is 0 Å². The van der Waals surface area contributed by atoms with Crippen molar-refractivity contribution in [1.29, 1.82) is 0 Å². The number of rotatable bonds is 5. The number of carbonyl (C=O) groups is 1. The Morgan fingerprint density at radius 3 is 2.73 bits per heavy atom. The maximum Gasteiger partial charge on any atom is 0.240 e. The fourth-order valence-corrected chi connectivity index (χ4v) is 2.66. The van der Waals surface area contributed by atoms with Crippen molar-refractivity contribution in [3.8, 4) is 0 Å². The van der Waals surface area contributed by atoms with Crippen LogP contribution in [0.25, 0.3) is 11.0 Å². The summed E-state index contributed by atoms with van der Waals surface area (Å²) in [7, 11) is 0. The van der Waals surface area contributed by atoms with Crippen LogP contribution in [-0.4, -0.2) is 28.0 Å². The molecule has 3 N–H and O–H groups in total. The molecule has 1 heterocycles. The van der Waals surface area contributed by atoms with Gasteiger partial charge in [-0.1, -0.05) is 12.1 Å². The van der Waals surface area contributed by atoms with Crippen molar-refractivity contribution < 1.29 is 4.79 Å². The van der Waals surface area contributed by atoms with E-state index in [0.717, 1.165) is 16.9 Å². The number of nitrogens with two attached hydrogens (primary N) is 1. The second kappa shape index (κ2) is 7.81. The molecule has 5 nitrogen and oxygen atoms in total. The summed E-state index contributed by atoms with van der Waals surface area (Å²) in [4.78, 5) is 16.7. The van der Waals surface area contributed by atoms with Gasteiger partial charge in [0, 0.05) is 12.6 Å². The average Bonchev–Trinajstić information content (AvgIpc) is 3.23. The summed E-state index contributed by atoms with van der Waals surface area (Å²) in [6, 6.07) is 7.99.